The number of ether oxygens (including phenoxy) is 1. The van der Waals surface area contributed by atoms with E-state index >= 15 is 0 Å². The molecule has 232 valence electrons. The minimum atomic E-state index is -4.86. The van der Waals surface area contributed by atoms with Gasteiger partial charge in [0.05, 0.1) is 32.6 Å². The molecule has 1 aliphatic heterocycles. The summed E-state index contributed by atoms with van der Waals surface area (Å²) in [5, 5.41) is 1.88. The molecule has 43 heavy (non-hydrogen) atoms. The van der Waals surface area contributed by atoms with Crippen LogP contribution in [0.15, 0.2) is 76.5 Å². The normalized spacial score (nSPS) is 14.4. The summed E-state index contributed by atoms with van der Waals surface area (Å²) in [5.74, 6) is -0.450. The van der Waals surface area contributed by atoms with Crippen molar-refractivity contribution in [3.05, 3.63) is 82.9 Å². The molecular weight excluding hydrogens is 631 g/mol. The van der Waals surface area contributed by atoms with Crippen LogP contribution in [0, 0.1) is 6.92 Å². The lowest BCUT2D eigenvalue weighted by molar-refractivity contribution is -0.137. The third-order valence-corrected chi connectivity index (χ3v) is 10.7. The van der Waals surface area contributed by atoms with Crippen LogP contribution in [-0.2, 0) is 31.0 Å². The van der Waals surface area contributed by atoms with E-state index in [9.17, 15) is 34.8 Å². The van der Waals surface area contributed by atoms with E-state index in [1.54, 1.807) is 6.92 Å². The predicted octanol–water partition coefficient (Wildman–Crippen LogP) is 4.84. The van der Waals surface area contributed by atoms with Gasteiger partial charge in [0.15, 0.2) is 0 Å². The van der Waals surface area contributed by atoms with Crippen molar-refractivity contribution >= 4 is 43.2 Å². The van der Waals surface area contributed by atoms with Crippen molar-refractivity contribution in [1.82, 2.24) is 9.62 Å². The molecule has 0 bridgehead atoms. The molecule has 15 heteroatoms. The molecule has 1 aliphatic rings. The summed E-state index contributed by atoms with van der Waals surface area (Å²) in [6, 6.07) is 14.1. The first-order valence-corrected chi connectivity index (χ1v) is 16.4. The molecule has 1 N–H and O–H groups in total. The number of alkyl halides is 3. The number of rotatable bonds is 11. The Kier molecular flexibility index (Phi) is 9.94. The van der Waals surface area contributed by atoms with Crippen LogP contribution in [0.2, 0.25) is 5.02 Å². The number of amides is 1. The first kappa shape index (κ1) is 32.6. The van der Waals surface area contributed by atoms with Crippen molar-refractivity contribution in [1.29, 1.82) is 0 Å². The number of halogens is 4. The topological polar surface area (TPSA) is 113 Å². The number of nitrogens with zero attached hydrogens (tertiary/aromatic N) is 2. The minimum absolute atomic E-state index is 0.0478. The van der Waals surface area contributed by atoms with Crippen LogP contribution < -0.4 is 14.4 Å². The van der Waals surface area contributed by atoms with Crippen molar-refractivity contribution in [2.45, 2.75) is 35.7 Å². The Hall–Kier alpha value is -3.33. The first-order chi connectivity index (χ1) is 20.2. The highest BCUT2D eigenvalue weighted by atomic mass is 35.5. The maximum absolute atomic E-state index is 13.5. The van der Waals surface area contributed by atoms with Gasteiger partial charge in [-0.05, 0) is 74.4 Å². The molecule has 1 saturated heterocycles. The molecule has 3 aromatic carbocycles. The molecule has 4 rings (SSSR count). The summed E-state index contributed by atoms with van der Waals surface area (Å²) in [7, 11) is -8.04. The van der Waals surface area contributed by atoms with E-state index in [0.717, 1.165) is 30.5 Å². The molecule has 0 unspecified atom stereocenters. The first-order valence-electron chi connectivity index (χ1n) is 13.2. The minimum Gasteiger partial charge on any atom is -0.492 e. The van der Waals surface area contributed by atoms with E-state index in [0.29, 0.717) is 29.2 Å². The SMILES string of the molecule is Cc1ccc(S(=O)(=O)N(CC(=O)NCCOc2ccc(S(=O)(=O)N3CCCC3)cc2)c2ccc(Cl)c(C(F)(F)F)c2)cc1. The third-order valence-electron chi connectivity index (χ3n) is 6.66. The van der Waals surface area contributed by atoms with Gasteiger partial charge in [0.25, 0.3) is 10.0 Å². The molecule has 3 aromatic rings. The maximum atomic E-state index is 13.5. The fourth-order valence-corrected chi connectivity index (χ4v) is 7.52. The molecule has 0 radical (unpaired) electrons. The van der Waals surface area contributed by atoms with Crippen molar-refractivity contribution in [2.24, 2.45) is 0 Å². The number of hydrogen-bond donors (Lipinski definition) is 1. The number of nitrogens with one attached hydrogen (secondary N) is 1. The zero-order chi connectivity index (χ0) is 31.4. The van der Waals surface area contributed by atoms with Crippen LogP contribution in [-0.4, -0.2) is 59.8 Å². The molecular formula is C28H29ClF3N3O6S2. The smallest absolute Gasteiger partial charge is 0.417 e. The Morgan fingerprint density at radius 2 is 1.56 bits per heavy atom. The monoisotopic (exact) mass is 659 g/mol. The average molecular weight is 660 g/mol. The predicted molar refractivity (Wildman–Crippen MR) is 155 cm³/mol. The molecule has 1 amide bonds. The highest BCUT2D eigenvalue weighted by molar-refractivity contribution is 7.92. The Morgan fingerprint density at radius 1 is 0.953 bits per heavy atom. The highest BCUT2D eigenvalue weighted by Gasteiger charge is 2.35. The van der Waals surface area contributed by atoms with Crippen molar-refractivity contribution in [3.63, 3.8) is 0 Å². The van der Waals surface area contributed by atoms with Crippen LogP contribution in [0.1, 0.15) is 24.0 Å². The van der Waals surface area contributed by atoms with Gasteiger partial charge in [-0.25, -0.2) is 16.8 Å². The van der Waals surface area contributed by atoms with Gasteiger partial charge >= 0.3 is 6.18 Å². The molecule has 0 spiro atoms. The number of anilines is 1. The van der Waals surface area contributed by atoms with Crippen molar-refractivity contribution in [3.8, 4) is 5.75 Å². The summed E-state index contributed by atoms with van der Waals surface area (Å²) in [5.41, 5.74) is -0.881. The molecule has 0 aliphatic carbocycles. The van der Waals surface area contributed by atoms with Crippen LogP contribution >= 0.6 is 11.6 Å². The second-order valence-electron chi connectivity index (χ2n) is 9.77. The number of sulfonamides is 2. The summed E-state index contributed by atoms with van der Waals surface area (Å²) in [6.45, 7) is 1.76. The molecule has 1 fully saturated rings. The van der Waals surface area contributed by atoms with Crippen LogP contribution in [0.5, 0.6) is 5.75 Å². The number of carbonyl (C=O) groups is 1. The second kappa shape index (κ2) is 13.1. The Labute approximate surface area is 253 Å². The Balaban J connectivity index is 1.43. The fraction of sp³-hybridized carbons (Fsp3) is 0.321. The molecule has 0 atom stereocenters. The summed E-state index contributed by atoms with van der Waals surface area (Å²) >= 11 is 5.72. The van der Waals surface area contributed by atoms with Gasteiger partial charge < -0.3 is 10.1 Å². The lowest BCUT2D eigenvalue weighted by atomic mass is 10.2. The lowest BCUT2D eigenvalue weighted by Gasteiger charge is -2.25. The van der Waals surface area contributed by atoms with Gasteiger partial charge in [-0.2, -0.15) is 17.5 Å². The summed E-state index contributed by atoms with van der Waals surface area (Å²) in [4.78, 5) is 12.7. The van der Waals surface area contributed by atoms with E-state index in [4.69, 9.17) is 16.3 Å². The number of carbonyl (C=O) groups excluding carboxylic acids is 1. The van der Waals surface area contributed by atoms with E-state index in [1.165, 1.54) is 52.8 Å². The van der Waals surface area contributed by atoms with Crippen molar-refractivity contribution < 1.29 is 39.5 Å². The van der Waals surface area contributed by atoms with E-state index in [-0.39, 0.29) is 22.9 Å². The van der Waals surface area contributed by atoms with Gasteiger partial charge in [-0.3, -0.25) is 9.10 Å². The standard InChI is InChI=1S/C28H29ClF3N3O6S2/c1-20-4-9-24(10-5-20)43(39,40)35(21-6-13-26(29)25(18-21)28(30,31)32)19-27(36)33-14-17-41-22-7-11-23(12-8-22)42(37,38)34-15-2-3-16-34/h4-13,18H,2-3,14-17,19H2,1H3,(H,33,36). The van der Waals surface area contributed by atoms with Crippen LogP contribution in [0.25, 0.3) is 0 Å². The molecule has 0 saturated carbocycles. The Bertz CT molecular complexity index is 1660. The van der Waals surface area contributed by atoms with Gasteiger partial charge in [0.1, 0.15) is 18.9 Å². The number of hydrogen-bond acceptors (Lipinski definition) is 6. The van der Waals surface area contributed by atoms with Crippen LogP contribution in [0.3, 0.4) is 0 Å². The summed E-state index contributed by atoms with van der Waals surface area (Å²) in [6.07, 6.45) is -3.23. The van der Waals surface area contributed by atoms with Gasteiger partial charge in [0.2, 0.25) is 15.9 Å². The zero-order valence-electron chi connectivity index (χ0n) is 23.0. The molecule has 0 aromatic heterocycles. The number of benzene rings is 3. The molecule has 1 heterocycles. The average Bonchev–Trinajstić information content (AvgIpc) is 3.51. The quantitative estimate of drug-likeness (QED) is 0.295. The third kappa shape index (κ3) is 7.80. The van der Waals surface area contributed by atoms with Gasteiger partial charge in [0, 0.05) is 13.1 Å². The van der Waals surface area contributed by atoms with Crippen molar-refractivity contribution in [2.75, 3.05) is 37.1 Å². The van der Waals surface area contributed by atoms with E-state index in [1.807, 2.05) is 0 Å². The fourth-order valence-electron chi connectivity index (χ4n) is 4.37. The number of aryl methyl sites for hydroxylation is 1. The van der Waals surface area contributed by atoms with E-state index < -0.39 is 54.9 Å². The second-order valence-corrected chi connectivity index (χ2v) is 14.0. The molecule has 9 nitrogen and oxygen atoms in total. The largest absolute Gasteiger partial charge is 0.492 e. The Morgan fingerprint density at radius 3 is 2.16 bits per heavy atom. The zero-order valence-corrected chi connectivity index (χ0v) is 25.4. The van der Waals surface area contributed by atoms with E-state index in [2.05, 4.69) is 5.32 Å². The van der Waals surface area contributed by atoms with Gasteiger partial charge in [-0.15, -0.1) is 0 Å². The van der Waals surface area contributed by atoms with Crippen LogP contribution in [0.4, 0.5) is 18.9 Å². The highest BCUT2D eigenvalue weighted by Crippen LogP contribution is 2.38. The maximum Gasteiger partial charge on any atom is 0.417 e. The lowest BCUT2D eigenvalue weighted by Crippen LogP contribution is -2.42. The summed E-state index contributed by atoms with van der Waals surface area (Å²) < 4.78 is 100. The van der Waals surface area contributed by atoms with Gasteiger partial charge in [-0.1, -0.05) is 29.3 Å².